The summed E-state index contributed by atoms with van der Waals surface area (Å²) < 4.78 is 5.58. The largest absolute Gasteiger partial charge is 0.484 e. The quantitative estimate of drug-likeness (QED) is 0.910. The van der Waals surface area contributed by atoms with E-state index in [0.717, 1.165) is 17.1 Å². The second kappa shape index (κ2) is 6.39. The van der Waals surface area contributed by atoms with E-state index >= 15 is 0 Å². The van der Waals surface area contributed by atoms with Crippen molar-refractivity contribution in [1.29, 1.82) is 0 Å². The Hall–Kier alpha value is -2.37. The predicted molar refractivity (Wildman–Crippen MR) is 79.0 cm³/mol. The fourth-order valence-electron chi connectivity index (χ4n) is 1.97. The molecule has 0 spiro atoms. The second-order valence-electron chi connectivity index (χ2n) is 5.14. The van der Waals surface area contributed by atoms with E-state index in [1.807, 2.05) is 39.0 Å². The minimum atomic E-state index is -0.113. The van der Waals surface area contributed by atoms with Crippen LogP contribution in [0.25, 0.3) is 0 Å². The molecular weight excluding hydrogens is 268 g/mol. The van der Waals surface area contributed by atoms with E-state index in [4.69, 9.17) is 4.74 Å². The maximum Gasteiger partial charge on any atom is 0.260 e. The Morgan fingerprint density at radius 3 is 2.71 bits per heavy atom. The molecule has 1 heterocycles. The summed E-state index contributed by atoms with van der Waals surface area (Å²) in [6, 6.07) is 5.88. The van der Waals surface area contributed by atoms with Crippen molar-refractivity contribution in [3.8, 4) is 5.75 Å². The minimum Gasteiger partial charge on any atom is -0.484 e. The maximum atomic E-state index is 12.0. The van der Waals surface area contributed by atoms with Crippen LogP contribution in [-0.2, 0) is 11.3 Å². The highest BCUT2D eigenvalue weighted by molar-refractivity contribution is 5.77. The molecule has 1 aromatic heterocycles. The molecule has 0 saturated heterocycles. The smallest absolute Gasteiger partial charge is 0.260 e. The average molecular weight is 288 g/mol. The monoisotopic (exact) mass is 288 g/mol. The molecule has 112 valence electrons. The Bertz CT molecular complexity index is 636. The van der Waals surface area contributed by atoms with Gasteiger partial charge in [0.2, 0.25) is 0 Å². The van der Waals surface area contributed by atoms with Crippen LogP contribution in [0.5, 0.6) is 5.75 Å². The molecule has 1 N–H and O–H groups in total. The molecule has 6 heteroatoms. The number of carbonyl (C=O) groups excluding carboxylic acids is 1. The van der Waals surface area contributed by atoms with Gasteiger partial charge in [-0.2, -0.15) is 5.10 Å². The number of carbonyl (C=O) groups is 1. The minimum absolute atomic E-state index is 0.00378. The molecule has 0 fully saturated rings. The number of nitrogens with one attached hydrogen (secondary N) is 1. The van der Waals surface area contributed by atoms with Crippen LogP contribution in [0.15, 0.2) is 18.2 Å². The van der Waals surface area contributed by atoms with Gasteiger partial charge in [0, 0.05) is 7.05 Å². The molecule has 0 atom stereocenters. The molecule has 0 radical (unpaired) electrons. The molecule has 0 unspecified atom stereocenters. The van der Waals surface area contributed by atoms with Crippen LogP contribution in [0.3, 0.4) is 0 Å². The highest BCUT2D eigenvalue weighted by Crippen LogP contribution is 2.18. The summed E-state index contributed by atoms with van der Waals surface area (Å²) in [5.74, 6) is 1.95. The van der Waals surface area contributed by atoms with E-state index < -0.39 is 0 Å². The molecule has 6 nitrogen and oxygen atoms in total. The first kappa shape index (κ1) is 15.0. The fraction of sp³-hybridized carbons (Fsp3) is 0.400. The number of aromatic amines is 1. The first-order chi connectivity index (χ1) is 9.95. The first-order valence-corrected chi connectivity index (χ1v) is 6.77. The third-order valence-corrected chi connectivity index (χ3v) is 3.13. The number of hydrogen-bond acceptors (Lipinski definition) is 4. The van der Waals surface area contributed by atoms with Crippen LogP contribution in [0, 0.1) is 20.8 Å². The van der Waals surface area contributed by atoms with Crippen molar-refractivity contribution < 1.29 is 9.53 Å². The summed E-state index contributed by atoms with van der Waals surface area (Å²) in [5, 5.41) is 6.76. The van der Waals surface area contributed by atoms with Gasteiger partial charge in [-0.3, -0.25) is 9.89 Å². The third-order valence-electron chi connectivity index (χ3n) is 3.13. The van der Waals surface area contributed by atoms with Crippen molar-refractivity contribution in [3.05, 3.63) is 41.0 Å². The Kier molecular flexibility index (Phi) is 4.57. The van der Waals surface area contributed by atoms with E-state index in [1.165, 1.54) is 5.56 Å². The summed E-state index contributed by atoms with van der Waals surface area (Å²) in [6.45, 7) is 6.17. The zero-order valence-electron chi connectivity index (χ0n) is 12.8. The number of rotatable bonds is 5. The highest BCUT2D eigenvalue weighted by Gasteiger charge is 2.13. The van der Waals surface area contributed by atoms with Gasteiger partial charge in [0.1, 0.15) is 11.6 Å². The molecule has 0 aliphatic carbocycles. The summed E-state index contributed by atoms with van der Waals surface area (Å²) >= 11 is 0. The van der Waals surface area contributed by atoms with Crippen molar-refractivity contribution >= 4 is 5.91 Å². The molecule has 21 heavy (non-hydrogen) atoms. The van der Waals surface area contributed by atoms with E-state index in [2.05, 4.69) is 15.2 Å². The molecule has 0 bridgehead atoms. The van der Waals surface area contributed by atoms with Crippen LogP contribution in [-0.4, -0.2) is 39.6 Å². The van der Waals surface area contributed by atoms with E-state index in [0.29, 0.717) is 12.4 Å². The van der Waals surface area contributed by atoms with Crippen molar-refractivity contribution in [2.24, 2.45) is 0 Å². The molecule has 0 aliphatic heterocycles. The average Bonchev–Trinajstić information content (AvgIpc) is 2.82. The van der Waals surface area contributed by atoms with Gasteiger partial charge in [-0.1, -0.05) is 17.7 Å². The fourth-order valence-corrected chi connectivity index (χ4v) is 1.97. The van der Waals surface area contributed by atoms with Crippen molar-refractivity contribution in [2.75, 3.05) is 13.7 Å². The van der Waals surface area contributed by atoms with Crippen LogP contribution >= 0.6 is 0 Å². The molecular formula is C15H20N4O2. The second-order valence-corrected chi connectivity index (χ2v) is 5.14. The maximum absolute atomic E-state index is 12.0. The standard InChI is InChI=1S/C15H20N4O2/c1-10-5-6-13(11(2)7-10)21-9-15(20)19(4)8-14-16-12(3)17-18-14/h5-7H,8-9H2,1-4H3,(H,16,17,18). The number of hydrogen-bond donors (Lipinski definition) is 1. The number of amides is 1. The zero-order chi connectivity index (χ0) is 15.4. The van der Waals surface area contributed by atoms with Crippen LogP contribution in [0.4, 0.5) is 0 Å². The van der Waals surface area contributed by atoms with Gasteiger partial charge in [0.05, 0.1) is 6.54 Å². The molecule has 1 aromatic carbocycles. The van der Waals surface area contributed by atoms with Crippen LogP contribution in [0.1, 0.15) is 22.8 Å². The zero-order valence-corrected chi connectivity index (χ0v) is 12.8. The Labute approximate surface area is 124 Å². The van der Waals surface area contributed by atoms with Crippen LogP contribution < -0.4 is 4.74 Å². The van der Waals surface area contributed by atoms with Crippen molar-refractivity contribution in [2.45, 2.75) is 27.3 Å². The molecule has 2 aromatic rings. The first-order valence-electron chi connectivity index (χ1n) is 6.77. The van der Waals surface area contributed by atoms with Gasteiger partial charge in [-0.15, -0.1) is 0 Å². The SMILES string of the molecule is Cc1ccc(OCC(=O)N(C)Cc2n[nH]c(C)n2)c(C)c1. The lowest BCUT2D eigenvalue weighted by Gasteiger charge is -2.16. The normalized spacial score (nSPS) is 10.5. The number of aromatic nitrogens is 3. The topological polar surface area (TPSA) is 71.1 Å². The Morgan fingerprint density at radius 1 is 1.33 bits per heavy atom. The van der Waals surface area contributed by atoms with E-state index in [-0.39, 0.29) is 12.5 Å². The van der Waals surface area contributed by atoms with E-state index in [1.54, 1.807) is 11.9 Å². The third kappa shape index (κ3) is 4.05. The lowest BCUT2D eigenvalue weighted by Crippen LogP contribution is -2.31. The summed E-state index contributed by atoms with van der Waals surface area (Å²) in [4.78, 5) is 17.8. The van der Waals surface area contributed by atoms with Gasteiger partial charge in [-0.25, -0.2) is 4.98 Å². The van der Waals surface area contributed by atoms with Gasteiger partial charge >= 0.3 is 0 Å². The van der Waals surface area contributed by atoms with Crippen molar-refractivity contribution in [1.82, 2.24) is 20.1 Å². The Morgan fingerprint density at radius 2 is 2.10 bits per heavy atom. The van der Waals surface area contributed by atoms with Crippen molar-refractivity contribution in [3.63, 3.8) is 0 Å². The molecule has 0 saturated carbocycles. The number of H-pyrrole nitrogens is 1. The number of ether oxygens (including phenoxy) is 1. The number of aryl methyl sites for hydroxylation is 3. The van der Waals surface area contributed by atoms with E-state index in [9.17, 15) is 4.79 Å². The summed E-state index contributed by atoms with van der Waals surface area (Å²) in [5.41, 5.74) is 2.19. The molecule has 1 amide bonds. The van der Waals surface area contributed by atoms with Gasteiger partial charge in [-0.05, 0) is 32.4 Å². The molecule has 2 rings (SSSR count). The highest BCUT2D eigenvalue weighted by atomic mass is 16.5. The predicted octanol–water partition coefficient (Wildman–Crippen LogP) is 1.77. The van der Waals surface area contributed by atoms with Gasteiger partial charge in [0.15, 0.2) is 12.4 Å². The van der Waals surface area contributed by atoms with Gasteiger partial charge < -0.3 is 9.64 Å². The van der Waals surface area contributed by atoms with Crippen LogP contribution in [0.2, 0.25) is 0 Å². The number of nitrogens with zero attached hydrogens (tertiary/aromatic N) is 3. The summed E-state index contributed by atoms with van der Waals surface area (Å²) in [6.07, 6.45) is 0. The number of likely N-dealkylation sites (N-methyl/N-ethyl adjacent to an activating group) is 1. The summed E-state index contributed by atoms with van der Waals surface area (Å²) in [7, 11) is 1.71. The molecule has 0 aliphatic rings. The van der Waals surface area contributed by atoms with Gasteiger partial charge in [0.25, 0.3) is 5.91 Å². The number of benzene rings is 1. The lowest BCUT2D eigenvalue weighted by molar-refractivity contribution is -0.132. The Balaban J connectivity index is 1.89. The lowest BCUT2D eigenvalue weighted by atomic mass is 10.1.